The van der Waals surface area contributed by atoms with Gasteiger partial charge in [-0.25, -0.2) is 0 Å². The Morgan fingerprint density at radius 1 is 1.29 bits per heavy atom. The van der Waals surface area contributed by atoms with Gasteiger partial charge in [0.25, 0.3) is 0 Å². The van der Waals surface area contributed by atoms with Crippen molar-refractivity contribution in [3.05, 3.63) is 39.3 Å². The second-order valence-electron chi connectivity index (χ2n) is 7.44. The molecule has 6 nitrogen and oxygen atoms in total. The van der Waals surface area contributed by atoms with Crippen LogP contribution in [-0.4, -0.2) is 53.4 Å². The average molecular weight is 403 g/mol. The first-order valence-electron chi connectivity index (χ1n) is 10.4. The van der Waals surface area contributed by atoms with E-state index >= 15 is 0 Å². The summed E-state index contributed by atoms with van der Waals surface area (Å²) < 4.78 is 1.96. The number of aliphatic imine (C=N–C) groups is 1. The lowest BCUT2D eigenvalue weighted by molar-refractivity contribution is 0.255. The van der Waals surface area contributed by atoms with E-state index in [4.69, 9.17) is 4.99 Å². The Morgan fingerprint density at radius 2 is 2.07 bits per heavy atom. The molecule has 0 aromatic carbocycles. The van der Waals surface area contributed by atoms with Crippen LogP contribution >= 0.6 is 11.3 Å². The lowest BCUT2D eigenvalue weighted by atomic mass is 10.1. The van der Waals surface area contributed by atoms with Gasteiger partial charge in [0.15, 0.2) is 5.96 Å². The zero-order chi connectivity index (χ0) is 19.9. The van der Waals surface area contributed by atoms with Crippen molar-refractivity contribution in [3.8, 4) is 0 Å². The molecule has 7 heteroatoms. The van der Waals surface area contributed by atoms with E-state index in [-0.39, 0.29) is 0 Å². The first-order valence-corrected chi connectivity index (χ1v) is 11.3. The van der Waals surface area contributed by atoms with Crippen molar-refractivity contribution >= 4 is 17.3 Å². The smallest absolute Gasteiger partial charge is 0.191 e. The topological polar surface area (TPSA) is 57.5 Å². The van der Waals surface area contributed by atoms with Gasteiger partial charge < -0.3 is 10.6 Å². The lowest BCUT2D eigenvalue weighted by Crippen LogP contribution is -2.39. The number of hydrogen-bond donors (Lipinski definition) is 2. The highest BCUT2D eigenvalue weighted by molar-refractivity contribution is 7.10. The number of nitrogens with one attached hydrogen (secondary N) is 2. The third-order valence-electron chi connectivity index (χ3n) is 5.55. The van der Waals surface area contributed by atoms with Crippen molar-refractivity contribution in [1.82, 2.24) is 25.3 Å². The molecule has 1 atom stereocenters. The summed E-state index contributed by atoms with van der Waals surface area (Å²) in [5.41, 5.74) is 3.70. The molecule has 0 radical (unpaired) electrons. The van der Waals surface area contributed by atoms with E-state index in [9.17, 15) is 0 Å². The van der Waals surface area contributed by atoms with Gasteiger partial charge in [0.05, 0.1) is 18.3 Å². The maximum atomic E-state index is 4.93. The Hall–Kier alpha value is -1.86. The molecule has 2 aromatic heterocycles. The minimum Gasteiger partial charge on any atom is -0.357 e. The molecule has 0 saturated carbocycles. The average Bonchev–Trinajstić information content (AvgIpc) is 3.42. The van der Waals surface area contributed by atoms with Crippen LogP contribution in [-0.2, 0) is 13.5 Å². The molecule has 0 bridgehead atoms. The van der Waals surface area contributed by atoms with Crippen molar-refractivity contribution < 1.29 is 0 Å². The highest BCUT2D eigenvalue weighted by Gasteiger charge is 2.24. The fourth-order valence-corrected chi connectivity index (χ4v) is 4.78. The summed E-state index contributed by atoms with van der Waals surface area (Å²) in [6, 6.07) is 4.78. The van der Waals surface area contributed by atoms with E-state index in [2.05, 4.69) is 58.9 Å². The normalized spacial score (nSPS) is 16.5. The molecule has 0 amide bonds. The van der Waals surface area contributed by atoms with Crippen molar-refractivity contribution in [2.24, 2.45) is 12.0 Å². The largest absolute Gasteiger partial charge is 0.357 e. The minimum absolute atomic E-state index is 0.390. The summed E-state index contributed by atoms with van der Waals surface area (Å²) in [6.07, 6.45) is 3.55. The molecule has 28 heavy (non-hydrogen) atoms. The van der Waals surface area contributed by atoms with Crippen LogP contribution in [0.2, 0.25) is 0 Å². The number of aryl methyl sites for hydroxylation is 2. The monoisotopic (exact) mass is 402 g/mol. The molecule has 2 aromatic rings. The third kappa shape index (κ3) is 5.14. The molecule has 0 aliphatic carbocycles. The first-order chi connectivity index (χ1) is 13.6. The van der Waals surface area contributed by atoms with Gasteiger partial charge in [-0.2, -0.15) is 5.10 Å². The molecule has 1 fully saturated rings. The molecule has 154 valence electrons. The van der Waals surface area contributed by atoms with E-state index in [1.165, 1.54) is 42.1 Å². The quantitative estimate of drug-likeness (QED) is 0.526. The third-order valence-corrected chi connectivity index (χ3v) is 6.52. The van der Waals surface area contributed by atoms with Crippen LogP contribution in [0.5, 0.6) is 0 Å². The van der Waals surface area contributed by atoms with Crippen LogP contribution in [0.15, 0.2) is 22.5 Å². The zero-order valence-corrected chi connectivity index (χ0v) is 18.5. The summed E-state index contributed by atoms with van der Waals surface area (Å²) in [7, 11) is 2.01. The fourth-order valence-electron chi connectivity index (χ4n) is 3.92. The number of rotatable bonds is 8. The molecule has 3 rings (SSSR count). The fraction of sp³-hybridized carbons (Fsp3) is 0.619. The number of aromatic nitrogens is 2. The Balaban J connectivity index is 1.62. The summed E-state index contributed by atoms with van der Waals surface area (Å²) in [6.45, 7) is 11.2. The molecule has 1 unspecified atom stereocenters. The van der Waals surface area contributed by atoms with E-state index in [0.29, 0.717) is 6.04 Å². The standard InChI is InChI=1S/C21H34N6S/c1-5-22-21(23-11-10-18-16(2)25-26(4)17(18)3)24-15-19(20-9-8-14-28-20)27-12-6-7-13-27/h8-9,14,19H,5-7,10-13,15H2,1-4H3,(H2,22,23,24). The summed E-state index contributed by atoms with van der Waals surface area (Å²) in [5.74, 6) is 0.905. The Kier molecular flexibility index (Phi) is 7.50. The summed E-state index contributed by atoms with van der Waals surface area (Å²) in [5, 5.41) is 13.6. The van der Waals surface area contributed by atoms with Gasteiger partial charge in [-0.1, -0.05) is 6.07 Å². The summed E-state index contributed by atoms with van der Waals surface area (Å²) >= 11 is 1.84. The van der Waals surface area contributed by atoms with E-state index in [0.717, 1.165) is 37.7 Å². The second kappa shape index (κ2) is 10.1. The van der Waals surface area contributed by atoms with Crippen LogP contribution in [0.1, 0.15) is 47.6 Å². The zero-order valence-electron chi connectivity index (χ0n) is 17.7. The van der Waals surface area contributed by atoms with Gasteiger partial charge in [0, 0.05) is 30.7 Å². The molecular weight excluding hydrogens is 368 g/mol. The second-order valence-corrected chi connectivity index (χ2v) is 8.42. The number of guanidine groups is 1. The predicted octanol–water partition coefficient (Wildman–Crippen LogP) is 3.03. The molecule has 0 spiro atoms. The SMILES string of the molecule is CCNC(=NCC(c1cccs1)N1CCCC1)NCCc1c(C)nn(C)c1C. The van der Waals surface area contributed by atoms with Crippen LogP contribution in [0, 0.1) is 13.8 Å². The number of hydrogen-bond acceptors (Lipinski definition) is 4. The molecule has 3 heterocycles. The number of likely N-dealkylation sites (tertiary alicyclic amines) is 1. The molecule has 1 aliphatic heterocycles. The highest BCUT2D eigenvalue weighted by Crippen LogP contribution is 2.28. The molecule has 1 saturated heterocycles. The van der Waals surface area contributed by atoms with Crippen molar-refractivity contribution in [3.63, 3.8) is 0 Å². The van der Waals surface area contributed by atoms with Crippen molar-refractivity contribution in [2.45, 2.75) is 46.1 Å². The predicted molar refractivity (Wildman–Crippen MR) is 118 cm³/mol. The first kappa shape index (κ1) is 20.9. The van der Waals surface area contributed by atoms with E-state index < -0.39 is 0 Å². The van der Waals surface area contributed by atoms with Gasteiger partial charge in [-0.05, 0) is 70.1 Å². The Morgan fingerprint density at radius 3 is 2.68 bits per heavy atom. The maximum absolute atomic E-state index is 4.93. The van der Waals surface area contributed by atoms with Crippen LogP contribution in [0.3, 0.4) is 0 Å². The van der Waals surface area contributed by atoms with Gasteiger partial charge in [0.2, 0.25) is 0 Å². The highest BCUT2D eigenvalue weighted by atomic mass is 32.1. The minimum atomic E-state index is 0.390. The number of thiophene rings is 1. The van der Waals surface area contributed by atoms with Crippen molar-refractivity contribution in [2.75, 3.05) is 32.7 Å². The van der Waals surface area contributed by atoms with Gasteiger partial charge in [-0.3, -0.25) is 14.6 Å². The van der Waals surface area contributed by atoms with Gasteiger partial charge in [0.1, 0.15) is 0 Å². The molecular formula is C21H34N6S. The lowest BCUT2D eigenvalue weighted by Gasteiger charge is -2.25. The number of nitrogens with zero attached hydrogens (tertiary/aromatic N) is 4. The van der Waals surface area contributed by atoms with E-state index in [1.807, 2.05) is 23.1 Å². The summed E-state index contributed by atoms with van der Waals surface area (Å²) in [4.78, 5) is 8.94. The van der Waals surface area contributed by atoms with Crippen LogP contribution in [0.4, 0.5) is 0 Å². The van der Waals surface area contributed by atoms with Gasteiger partial charge >= 0.3 is 0 Å². The van der Waals surface area contributed by atoms with Gasteiger partial charge in [-0.15, -0.1) is 11.3 Å². The van der Waals surface area contributed by atoms with Crippen LogP contribution < -0.4 is 10.6 Å². The van der Waals surface area contributed by atoms with E-state index in [1.54, 1.807) is 0 Å². The Bertz CT molecular complexity index is 758. The molecule has 2 N–H and O–H groups in total. The molecule has 1 aliphatic rings. The maximum Gasteiger partial charge on any atom is 0.191 e. The Labute approximate surface area is 173 Å². The van der Waals surface area contributed by atoms with Crippen LogP contribution in [0.25, 0.3) is 0 Å². The van der Waals surface area contributed by atoms with Crippen molar-refractivity contribution in [1.29, 1.82) is 0 Å².